The predicted octanol–water partition coefficient (Wildman–Crippen LogP) is 3.92. The van der Waals surface area contributed by atoms with Gasteiger partial charge in [0.15, 0.2) is 0 Å². The molecule has 0 fully saturated rings. The number of hydrogen-bond donors (Lipinski definition) is 2. The SMILES string of the molecule is COc1ccccc1NC(=O)C1=C(C)Nc2nnnn2[C@H]1c1cccc(Cl)c1Cl. The van der Waals surface area contributed by atoms with Crippen LogP contribution in [0.15, 0.2) is 53.7 Å². The molecule has 1 amide bonds. The fourth-order valence-electron chi connectivity index (χ4n) is 3.26. The van der Waals surface area contributed by atoms with E-state index in [2.05, 4.69) is 26.2 Å². The standard InChI is InChI=1S/C19H16Cl2N6O2/c1-10-15(18(28)23-13-8-3-4-9-14(13)29-2)17(27-19(22-10)24-25-26-27)11-6-5-7-12(20)16(11)21/h3-9,17H,1-2H3,(H,23,28)(H,22,24,26)/t17-/m0/s1. The molecule has 0 bridgehead atoms. The van der Waals surface area contributed by atoms with Gasteiger partial charge in [-0.05, 0) is 35.5 Å². The molecule has 0 radical (unpaired) electrons. The molecular weight excluding hydrogens is 415 g/mol. The number of aromatic nitrogens is 4. The number of para-hydroxylation sites is 2. The number of anilines is 2. The van der Waals surface area contributed by atoms with Crippen LogP contribution in [0.4, 0.5) is 11.6 Å². The largest absolute Gasteiger partial charge is 0.495 e. The second-order valence-corrected chi connectivity index (χ2v) is 7.10. The van der Waals surface area contributed by atoms with Gasteiger partial charge in [0.2, 0.25) is 5.95 Å². The highest BCUT2D eigenvalue weighted by atomic mass is 35.5. The van der Waals surface area contributed by atoms with E-state index in [1.54, 1.807) is 44.4 Å². The molecule has 0 aliphatic carbocycles. The van der Waals surface area contributed by atoms with Crippen molar-refractivity contribution in [1.82, 2.24) is 20.2 Å². The number of amides is 1. The predicted molar refractivity (Wildman–Crippen MR) is 110 cm³/mol. The number of halogens is 2. The lowest BCUT2D eigenvalue weighted by Crippen LogP contribution is -2.31. The molecule has 2 aromatic carbocycles. The molecule has 2 N–H and O–H groups in total. The summed E-state index contributed by atoms with van der Waals surface area (Å²) in [5.41, 5.74) is 2.15. The summed E-state index contributed by atoms with van der Waals surface area (Å²) in [6, 6.07) is 11.7. The number of carbonyl (C=O) groups is 1. The molecule has 1 aromatic heterocycles. The van der Waals surface area contributed by atoms with Crippen LogP contribution in [-0.4, -0.2) is 33.2 Å². The molecule has 2 heterocycles. The number of allylic oxidation sites excluding steroid dienone is 1. The molecule has 4 rings (SSSR count). The van der Waals surface area contributed by atoms with E-state index >= 15 is 0 Å². The summed E-state index contributed by atoms with van der Waals surface area (Å²) in [4.78, 5) is 13.3. The van der Waals surface area contributed by atoms with E-state index in [-0.39, 0.29) is 5.91 Å². The third-order valence-electron chi connectivity index (χ3n) is 4.59. The highest BCUT2D eigenvalue weighted by molar-refractivity contribution is 6.42. The second kappa shape index (κ2) is 7.73. The van der Waals surface area contributed by atoms with Crippen molar-refractivity contribution in [3.05, 3.63) is 69.3 Å². The average Bonchev–Trinajstić information content (AvgIpc) is 3.17. The lowest BCUT2D eigenvalue weighted by Gasteiger charge is -2.28. The van der Waals surface area contributed by atoms with E-state index in [1.165, 1.54) is 4.68 Å². The summed E-state index contributed by atoms with van der Waals surface area (Å²) < 4.78 is 6.83. The third-order valence-corrected chi connectivity index (χ3v) is 5.42. The molecule has 0 unspecified atom stereocenters. The molecule has 1 aliphatic rings. The summed E-state index contributed by atoms with van der Waals surface area (Å²) >= 11 is 12.7. The van der Waals surface area contributed by atoms with Crippen LogP contribution in [0, 0.1) is 0 Å². The van der Waals surface area contributed by atoms with Crippen molar-refractivity contribution in [2.45, 2.75) is 13.0 Å². The lowest BCUT2D eigenvalue weighted by molar-refractivity contribution is -0.113. The summed E-state index contributed by atoms with van der Waals surface area (Å²) in [7, 11) is 1.54. The molecule has 10 heteroatoms. The van der Waals surface area contributed by atoms with Gasteiger partial charge in [0.05, 0.1) is 28.4 Å². The van der Waals surface area contributed by atoms with Crippen LogP contribution in [0.5, 0.6) is 5.75 Å². The molecule has 1 atom stereocenters. The number of tetrazole rings is 1. The fraction of sp³-hybridized carbons (Fsp3) is 0.158. The van der Waals surface area contributed by atoms with Gasteiger partial charge in [0.25, 0.3) is 5.91 Å². The van der Waals surface area contributed by atoms with E-state index in [0.717, 1.165) is 0 Å². The van der Waals surface area contributed by atoms with E-state index in [1.807, 2.05) is 12.1 Å². The quantitative estimate of drug-likeness (QED) is 0.651. The Morgan fingerprint density at radius 2 is 2.00 bits per heavy atom. The van der Waals surface area contributed by atoms with Crippen LogP contribution in [0.25, 0.3) is 0 Å². The van der Waals surface area contributed by atoms with Crippen molar-refractivity contribution in [2.24, 2.45) is 0 Å². The minimum Gasteiger partial charge on any atom is -0.495 e. The van der Waals surface area contributed by atoms with Crippen LogP contribution in [0.2, 0.25) is 10.0 Å². The Balaban J connectivity index is 1.81. The van der Waals surface area contributed by atoms with Crippen LogP contribution in [0.3, 0.4) is 0 Å². The smallest absolute Gasteiger partial charge is 0.255 e. The Bertz CT molecular complexity index is 1130. The number of nitrogens with one attached hydrogen (secondary N) is 2. The number of nitrogens with zero attached hydrogens (tertiary/aromatic N) is 4. The van der Waals surface area contributed by atoms with E-state index < -0.39 is 6.04 Å². The molecule has 0 saturated carbocycles. The highest BCUT2D eigenvalue weighted by Crippen LogP contribution is 2.40. The first-order chi connectivity index (χ1) is 14.0. The van der Waals surface area contributed by atoms with Gasteiger partial charge in [-0.25, -0.2) is 0 Å². The Labute approximate surface area is 176 Å². The molecule has 8 nitrogen and oxygen atoms in total. The average molecular weight is 431 g/mol. The zero-order chi connectivity index (χ0) is 20.5. The number of methoxy groups -OCH3 is 1. The number of hydrogen-bond acceptors (Lipinski definition) is 6. The minimum atomic E-state index is -0.665. The first-order valence-electron chi connectivity index (χ1n) is 8.65. The monoisotopic (exact) mass is 430 g/mol. The van der Waals surface area contributed by atoms with Gasteiger partial charge in [-0.15, -0.1) is 0 Å². The van der Waals surface area contributed by atoms with Gasteiger partial charge < -0.3 is 15.4 Å². The number of fused-ring (bicyclic) bond motifs is 1. The van der Waals surface area contributed by atoms with Crippen LogP contribution >= 0.6 is 23.2 Å². The van der Waals surface area contributed by atoms with Gasteiger partial charge in [-0.2, -0.15) is 4.68 Å². The summed E-state index contributed by atoms with van der Waals surface area (Å²) in [5, 5.41) is 18.4. The summed E-state index contributed by atoms with van der Waals surface area (Å²) in [6.07, 6.45) is 0. The van der Waals surface area contributed by atoms with Gasteiger partial charge in [0, 0.05) is 11.3 Å². The fourth-order valence-corrected chi connectivity index (χ4v) is 3.67. The highest BCUT2D eigenvalue weighted by Gasteiger charge is 2.35. The number of benzene rings is 2. The van der Waals surface area contributed by atoms with Crippen molar-refractivity contribution in [3.63, 3.8) is 0 Å². The maximum Gasteiger partial charge on any atom is 0.255 e. The first-order valence-corrected chi connectivity index (χ1v) is 9.40. The third kappa shape index (κ3) is 3.41. The second-order valence-electron chi connectivity index (χ2n) is 6.31. The number of ether oxygens (including phenoxy) is 1. The molecule has 0 saturated heterocycles. The van der Waals surface area contributed by atoms with Crippen molar-refractivity contribution >= 4 is 40.7 Å². The van der Waals surface area contributed by atoms with Crippen molar-refractivity contribution in [3.8, 4) is 5.75 Å². The van der Waals surface area contributed by atoms with Gasteiger partial charge in [-0.3, -0.25) is 4.79 Å². The molecule has 1 aliphatic heterocycles. The molecule has 0 spiro atoms. The molecular formula is C19H16Cl2N6O2. The number of rotatable bonds is 4. The Hall–Kier alpha value is -3.10. The van der Waals surface area contributed by atoms with E-state index in [4.69, 9.17) is 27.9 Å². The minimum absolute atomic E-state index is 0.331. The van der Waals surface area contributed by atoms with Crippen LogP contribution in [-0.2, 0) is 4.79 Å². The summed E-state index contributed by atoms with van der Waals surface area (Å²) in [5.74, 6) is 0.599. The molecule has 29 heavy (non-hydrogen) atoms. The van der Waals surface area contributed by atoms with Crippen LogP contribution in [0.1, 0.15) is 18.5 Å². The topological polar surface area (TPSA) is 94.0 Å². The maximum atomic E-state index is 13.3. The van der Waals surface area contributed by atoms with Crippen molar-refractivity contribution < 1.29 is 9.53 Å². The molecule has 148 valence electrons. The Morgan fingerprint density at radius 1 is 1.21 bits per heavy atom. The zero-order valence-electron chi connectivity index (χ0n) is 15.5. The van der Waals surface area contributed by atoms with Gasteiger partial charge in [-0.1, -0.05) is 52.6 Å². The Morgan fingerprint density at radius 3 is 2.79 bits per heavy atom. The normalized spacial score (nSPS) is 15.5. The Kier molecular flexibility index (Phi) is 5.12. The van der Waals surface area contributed by atoms with Crippen molar-refractivity contribution in [1.29, 1.82) is 0 Å². The first kappa shape index (κ1) is 19.2. The lowest BCUT2D eigenvalue weighted by atomic mass is 9.95. The molecule has 3 aromatic rings. The number of carbonyl (C=O) groups excluding carboxylic acids is 1. The van der Waals surface area contributed by atoms with E-state index in [0.29, 0.717) is 44.3 Å². The van der Waals surface area contributed by atoms with Gasteiger partial charge >= 0.3 is 0 Å². The maximum absolute atomic E-state index is 13.3. The van der Waals surface area contributed by atoms with E-state index in [9.17, 15) is 4.79 Å². The zero-order valence-corrected chi connectivity index (χ0v) is 17.0. The van der Waals surface area contributed by atoms with Gasteiger partial charge in [0.1, 0.15) is 11.8 Å². The van der Waals surface area contributed by atoms with Crippen molar-refractivity contribution in [2.75, 3.05) is 17.7 Å². The van der Waals surface area contributed by atoms with Crippen LogP contribution < -0.4 is 15.4 Å². The summed E-state index contributed by atoms with van der Waals surface area (Å²) in [6.45, 7) is 1.78.